The lowest BCUT2D eigenvalue weighted by atomic mass is 10.1. The van der Waals surface area contributed by atoms with Crippen LogP contribution in [0.4, 0.5) is 0 Å². The second-order valence-electron chi connectivity index (χ2n) is 2.53. The SMILES string of the molecule is SCc1c(Cl)c(Cl)c(Cl)c(Cl)c1CS. The highest BCUT2D eigenvalue weighted by Crippen LogP contribution is 2.42. The van der Waals surface area contributed by atoms with Crippen LogP contribution >= 0.6 is 71.7 Å². The van der Waals surface area contributed by atoms with Crippen molar-refractivity contribution in [1.29, 1.82) is 0 Å². The maximum Gasteiger partial charge on any atom is 0.0797 e. The van der Waals surface area contributed by atoms with Crippen molar-refractivity contribution in [2.24, 2.45) is 0 Å². The minimum Gasteiger partial charge on any atom is -0.174 e. The third-order valence-electron chi connectivity index (χ3n) is 1.79. The van der Waals surface area contributed by atoms with E-state index in [2.05, 4.69) is 25.3 Å². The average Bonchev–Trinajstić information content (AvgIpc) is 2.20. The van der Waals surface area contributed by atoms with Gasteiger partial charge < -0.3 is 0 Å². The van der Waals surface area contributed by atoms with Crippen LogP contribution in [-0.4, -0.2) is 0 Å². The van der Waals surface area contributed by atoms with E-state index in [0.29, 0.717) is 21.6 Å². The molecular weight excluding hydrogens is 302 g/mol. The summed E-state index contributed by atoms with van der Waals surface area (Å²) in [6.45, 7) is 0. The van der Waals surface area contributed by atoms with Gasteiger partial charge in [0.25, 0.3) is 0 Å². The van der Waals surface area contributed by atoms with E-state index >= 15 is 0 Å². The number of hydrogen-bond donors (Lipinski definition) is 2. The highest BCUT2D eigenvalue weighted by Gasteiger charge is 2.18. The summed E-state index contributed by atoms with van der Waals surface area (Å²) in [5.74, 6) is 0.899. The smallest absolute Gasteiger partial charge is 0.0797 e. The van der Waals surface area contributed by atoms with Gasteiger partial charge in [-0.3, -0.25) is 0 Å². The van der Waals surface area contributed by atoms with Gasteiger partial charge in [0.05, 0.1) is 20.1 Å². The molecule has 0 unspecified atom stereocenters. The molecule has 1 aromatic carbocycles. The zero-order valence-corrected chi connectivity index (χ0v) is 11.6. The first kappa shape index (κ1) is 13.1. The summed E-state index contributed by atoms with van der Waals surface area (Å²) in [5.41, 5.74) is 1.56. The third-order valence-corrected chi connectivity index (χ3v) is 4.30. The highest BCUT2D eigenvalue weighted by atomic mass is 35.5. The monoisotopic (exact) mass is 306 g/mol. The topological polar surface area (TPSA) is 0 Å². The Labute approximate surface area is 114 Å². The summed E-state index contributed by atoms with van der Waals surface area (Å²) in [7, 11) is 0. The van der Waals surface area contributed by atoms with Gasteiger partial charge in [-0.15, -0.1) is 0 Å². The Hall–Kier alpha value is 1.08. The molecule has 0 spiro atoms. The first-order valence-corrected chi connectivity index (χ1v) is 6.37. The maximum atomic E-state index is 6.00. The quantitative estimate of drug-likeness (QED) is 0.421. The molecule has 0 aliphatic rings. The number of benzene rings is 1. The molecule has 0 amide bonds. The molecule has 0 saturated heterocycles. The molecule has 0 fully saturated rings. The Balaban J connectivity index is 3.57. The normalized spacial score (nSPS) is 10.7. The predicted octanol–water partition coefficient (Wildman–Crippen LogP) is 5.16. The molecular formula is C8H6Cl4S2. The van der Waals surface area contributed by atoms with E-state index in [0.717, 1.165) is 11.1 Å². The van der Waals surface area contributed by atoms with E-state index in [1.165, 1.54) is 0 Å². The Morgan fingerprint density at radius 2 is 0.929 bits per heavy atom. The van der Waals surface area contributed by atoms with Crippen molar-refractivity contribution in [3.05, 3.63) is 31.2 Å². The Morgan fingerprint density at radius 1 is 0.643 bits per heavy atom. The maximum absolute atomic E-state index is 6.00. The first-order chi connectivity index (χ1) is 6.54. The minimum absolute atomic E-state index is 0.271. The largest absolute Gasteiger partial charge is 0.174 e. The summed E-state index contributed by atoms with van der Waals surface area (Å²) in [4.78, 5) is 0. The van der Waals surface area contributed by atoms with Crippen LogP contribution < -0.4 is 0 Å². The number of hydrogen-bond acceptors (Lipinski definition) is 2. The lowest BCUT2D eigenvalue weighted by Gasteiger charge is -2.13. The van der Waals surface area contributed by atoms with Gasteiger partial charge in [0.15, 0.2) is 0 Å². The molecule has 78 valence electrons. The molecule has 0 N–H and O–H groups in total. The van der Waals surface area contributed by atoms with Crippen molar-refractivity contribution in [1.82, 2.24) is 0 Å². The fourth-order valence-electron chi connectivity index (χ4n) is 1.05. The summed E-state index contributed by atoms with van der Waals surface area (Å²) < 4.78 is 0. The fourth-order valence-corrected chi connectivity index (χ4v) is 3.00. The van der Waals surface area contributed by atoms with Gasteiger partial charge >= 0.3 is 0 Å². The molecule has 14 heavy (non-hydrogen) atoms. The molecule has 0 aromatic heterocycles. The van der Waals surface area contributed by atoms with Crippen molar-refractivity contribution >= 4 is 71.7 Å². The van der Waals surface area contributed by atoms with Crippen molar-refractivity contribution in [3.63, 3.8) is 0 Å². The van der Waals surface area contributed by atoms with E-state index in [1.54, 1.807) is 0 Å². The van der Waals surface area contributed by atoms with Gasteiger partial charge in [-0.05, 0) is 11.1 Å². The molecule has 0 nitrogen and oxygen atoms in total. The van der Waals surface area contributed by atoms with Crippen molar-refractivity contribution < 1.29 is 0 Å². The Bertz CT molecular complexity index is 330. The minimum atomic E-state index is 0.271. The fraction of sp³-hybridized carbons (Fsp3) is 0.250. The summed E-state index contributed by atoms with van der Waals surface area (Å²) in [5, 5.41) is 1.35. The van der Waals surface area contributed by atoms with Gasteiger partial charge in [-0.1, -0.05) is 46.4 Å². The molecule has 0 radical (unpaired) electrons. The molecule has 0 heterocycles. The van der Waals surface area contributed by atoms with Crippen molar-refractivity contribution in [2.45, 2.75) is 11.5 Å². The van der Waals surface area contributed by atoms with Crippen LogP contribution in [0.1, 0.15) is 11.1 Å². The van der Waals surface area contributed by atoms with Crippen LogP contribution in [0.5, 0.6) is 0 Å². The molecule has 6 heteroatoms. The summed E-state index contributed by atoms with van der Waals surface area (Å²) in [6, 6.07) is 0. The van der Waals surface area contributed by atoms with E-state index < -0.39 is 0 Å². The first-order valence-electron chi connectivity index (χ1n) is 3.60. The molecule has 0 atom stereocenters. The third kappa shape index (κ3) is 2.26. The summed E-state index contributed by atoms with van der Waals surface area (Å²) in [6.07, 6.45) is 0. The summed E-state index contributed by atoms with van der Waals surface area (Å²) >= 11 is 32.1. The second-order valence-corrected chi connectivity index (χ2v) is 4.67. The lowest BCUT2D eigenvalue weighted by Crippen LogP contribution is -1.94. The number of rotatable bonds is 2. The predicted molar refractivity (Wildman–Crippen MR) is 71.9 cm³/mol. The highest BCUT2D eigenvalue weighted by molar-refractivity contribution is 7.79. The molecule has 1 rings (SSSR count). The van der Waals surface area contributed by atoms with Crippen LogP contribution in [0.3, 0.4) is 0 Å². The lowest BCUT2D eigenvalue weighted by molar-refractivity contribution is 1.29. The van der Waals surface area contributed by atoms with E-state index in [4.69, 9.17) is 46.4 Å². The molecule has 0 saturated carbocycles. The van der Waals surface area contributed by atoms with Crippen LogP contribution in [-0.2, 0) is 11.5 Å². The van der Waals surface area contributed by atoms with Gasteiger partial charge in [-0.25, -0.2) is 0 Å². The molecule has 0 aliphatic carbocycles. The van der Waals surface area contributed by atoms with Crippen LogP contribution in [0.25, 0.3) is 0 Å². The Kier molecular flexibility index (Phi) is 5.09. The van der Waals surface area contributed by atoms with E-state index in [9.17, 15) is 0 Å². The number of thiol groups is 2. The second kappa shape index (κ2) is 5.42. The van der Waals surface area contributed by atoms with Gasteiger partial charge in [0.1, 0.15) is 0 Å². The zero-order chi connectivity index (χ0) is 10.9. The van der Waals surface area contributed by atoms with Gasteiger partial charge in [0, 0.05) is 11.5 Å². The van der Waals surface area contributed by atoms with Gasteiger partial charge in [-0.2, -0.15) is 25.3 Å². The molecule has 0 bridgehead atoms. The average molecular weight is 308 g/mol. The van der Waals surface area contributed by atoms with Crippen molar-refractivity contribution in [2.75, 3.05) is 0 Å². The van der Waals surface area contributed by atoms with Crippen LogP contribution in [0.15, 0.2) is 0 Å². The van der Waals surface area contributed by atoms with Crippen LogP contribution in [0, 0.1) is 0 Å². The van der Waals surface area contributed by atoms with E-state index in [1.807, 2.05) is 0 Å². The van der Waals surface area contributed by atoms with Gasteiger partial charge in [0.2, 0.25) is 0 Å². The number of halogens is 4. The zero-order valence-electron chi connectivity index (χ0n) is 6.82. The standard InChI is InChI=1S/C8H6Cl4S2/c9-5-3(1-13)4(2-14)6(10)8(12)7(5)11/h13-14H,1-2H2. The molecule has 0 aliphatic heterocycles. The molecule has 1 aromatic rings. The van der Waals surface area contributed by atoms with E-state index in [-0.39, 0.29) is 10.0 Å². The Morgan fingerprint density at radius 3 is 1.14 bits per heavy atom. The van der Waals surface area contributed by atoms with Crippen molar-refractivity contribution in [3.8, 4) is 0 Å². The van der Waals surface area contributed by atoms with Crippen LogP contribution in [0.2, 0.25) is 20.1 Å².